The normalized spacial score (nSPS) is 27.3. The van der Waals surface area contributed by atoms with Gasteiger partial charge in [0.2, 0.25) is 0 Å². The van der Waals surface area contributed by atoms with Crippen LogP contribution in [0.5, 0.6) is 5.75 Å². The van der Waals surface area contributed by atoms with Crippen molar-refractivity contribution in [3.05, 3.63) is 30.3 Å². The fourth-order valence-corrected chi connectivity index (χ4v) is 3.79. The molecule has 0 aromatic heterocycles. The Bertz CT molecular complexity index is 520. The Morgan fingerprint density at radius 2 is 1.81 bits per heavy atom. The van der Waals surface area contributed by atoms with Gasteiger partial charge in [-0.3, -0.25) is 4.79 Å². The van der Waals surface area contributed by atoms with Crippen molar-refractivity contribution >= 4 is 23.4 Å². The van der Waals surface area contributed by atoms with E-state index in [4.69, 9.17) is 21.7 Å². The molecule has 0 saturated carbocycles. The van der Waals surface area contributed by atoms with Gasteiger partial charge in [-0.2, -0.15) is 0 Å². The minimum Gasteiger partial charge on any atom is -0.462 e. The summed E-state index contributed by atoms with van der Waals surface area (Å²) in [6.45, 7) is 1.47. The van der Waals surface area contributed by atoms with Crippen molar-refractivity contribution in [2.75, 3.05) is 0 Å². The van der Waals surface area contributed by atoms with Gasteiger partial charge in [0.25, 0.3) is 5.17 Å². The van der Waals surface area contributed by atoms with Gasteiger partial charge in [-0.05, 0) is 37.2 Å². The molecule has 2 aliphatic rings. The van der Waals surface area contributed by atoms with Crippen LogP contribution in [0.15, 0.2) is 30.3 Å². The first kappa shape index (κ1) is 14.3. The van der Waals surface area contributed by atoms with E-state index < -0.39 is 0 Å². The molecule has 4 nitrogen and oxygen atoms in total. The van der Waals surface area contributed by atoms with E-state index in [0.717, 1.165) is 31.4 Å². The van der Waals surface area contributed by atoms with Crippen molar-refractivity contribution in [1.29, 1.82) is 0 Å². The van der Waals surface area contributed by atoms with Crippen molar-refractivity contribution in [3.8, 4) is 5.75 Å². The lowest BCUT2D eigenvalue weighted by atomic mass is 10.0. The number of nitrogens with zero attached hydrogens (tertiary/aromatic N) is 1. The van der Waals surface area contributed by atoms with Crippen molar-refractivity contribution in [3.63, 3.8) is 0 Å². The zero-order valence-corrected chi connectivity index (χ0v) is 12.8. The zero-order chi connectivity index (χ0) is 14.8. The fraction of sp³-hybridized carbons (Fsp3) is 0.500. The summed E-state index contributed by atoms with van der Waals surface area (Å²) in [5.74, 6) is 0.569. The average Bonchev–Trinajstić information content (AvgIpc) is 2.71. The molecule has 5 heteroatoms. The SMILES string of the molecule is CC(=O)OC1C[C@H]2CC[C@@H](C1)N2C(=S)Oc1ccccc1. The fourth-order valence-electron chi connectivity index (χ4n) is 3.40. The number of hydrogen-bond acceptors (Lipinski definition) is 4. The van der Waals surface area contributed by atoms with E-state index in [-0.39, 0.29) is 12.1 Å². The third kappa shape index (κ3) is 3.18. The summed E-state index contributed by atoms with van der Waals surface area (Å²) in [5.41, 5.74) is 0. The monoisotopic (exact) mass is 305 g/mol. The van der Waals surface area contributed by atoms with E-state index in [1.165, 1.54) is 6.92 Å². The number of benzene rings is 1. The van der Waals surface area contributed by atoms with E-state index in [0.29, 0.717) is 17.3 Å². The van der Waals surface area contributed by atoms with Crippen molar-refractivity contribution in [1.82, 2.24) is 4.90 Å². The van der Waals surface area contributed by atoms with Gasteiger partial charge in [-0.15, -0.1) is 0 Å². The summed E-state index contributed by atoms with van der Waals surface area (Å²) < 4.78 is 11.2. The second-order valence-corrected chi connectivity index (χ2v) is 6.03. The van der Waals surface area contributed by atoms with Crippen LogP contribution in [0, 0.1) is 0 Å². The molecule has 21 heavy (non-hydrogen) atoms. The highest BCUT2D eigenvalue weighted by molar-refractivity contribution is 7.80. The van der Waals surface area contributed by atoms with E-state index >= 15 is 0 Å². The molecule has 2 bridgehead atoms. The molecule has 2 heterocycles. The molecule has 1 unspecified atom stereocenters. The van der Waals surface area contributed by atoms with Crippen LogP contribution in [-0.4, -0.2) is 34.2 Å². The van der Waals surface area contributed by atoms with Crippen molar-refractivity contribution < 1.29 is 14.3 Å². The quantitative estimate of drug-likeness (QED) is 0.620. The smallest absolute Gasteiger partial charge is 0.302 e. The van der Waals surface area contributed by atoms with Crippen LogP contribution in [-0.2, 0) is 9.53 Å². The van der Waals surface area contributed by atoms with Gasteiger partial charge < -0.3 is 14.4 Å². The summed E-state index contributed by atoms with van der Waals surface area (Å²) in [4.78, 5) is 13.3. The number of esters is 1. The predicted octanol–water partition coefficient (Wildman–Crippen LogP) is 2.91. The maximum Gasteiger partial charge on any atom is 0.302 e. The molecule has 3 rings (SSSR count). The van der Waals surface area contributed by atoms with Gasteiger partial charge in [0.1, 0.15) is 11.9 Å². The van der Waals surface area contributed by atoms with Crippen LogP contribution in [0.3, 0.4) is 0 Å². The second-order valence-electron chi connectivity index (χ2n) is 5.68. The van der Waals surface area contributed by atoms with E-state index in [1.54, 1.807) is 0 Å². The van der Waals surface area contributed by atoms with Crippen LogP contribution in [0.2, 0.25) is 0 Å². The highest BCUT2D eigenvalue weighted by atomic mass is 32.1. The van der Waals surface area contributed by atoms with Crippen LogP contribution in [0.4, 0.5) is 0 Å². The van der Waals surface area contributed by atoms with Gasteiger partial charge in [0, 0.05) is 31.8 Å². The molecular weight excluding hydrogens is 286 g/mol. The van der Waals surface area contributed by atoms with Crippen LogP contribution >= 0.6 is 12.2 Å². The molecule has 112 valence electrons. The van der Waals surface area contributed by atoms with Crippen molar-refractivity contribution in [2.45, 2.75) is 50.8 Å². The van der Waals surface area contributed by atoms with Crippen molar-refractivity contribution in [2.24, 2.45) is 0 Å². The number of piperidine rings is 1. The highest BCUT2D eigenvalue weighted by Crippen LogP contribution is 2.37. The number of rotatable bonds is 2. The Morgan fingerprint density at radius 3 is 2.38 bits per heavy atom. The molecule has 0 aliphatic carbocycles. The highest BCUT2D eigenvalue weighted by Gasteiger charge is 2.43. The molecule has 0 amide bonds. The Morgan fingerprint density at radius 1 is 1.19 bits per heavy atom. The third-order valence-corrected chi connectivity index (χ3v) is 4.48. The Kier molecular flexibility index (Phi) is 4.10. The molecule has 0 spiro atoms. The van der Waals surface area contributed by atoms with E-state index in [2.05, 4.69) is 4.90 Å². The summed E-state index contributed by atoms with van der Waals surface area (Å²) >= 11 is 5.47. The topological polar surface area (TPSA) is 38.8 Å². The van der Waals surface area contributed by atoms with Gasteiger partial charge in [-0.1, -0.05) is 18.2 Å². The maximum atomic E-state index is 11.1. The van der Waals surface area contributed by atoms with Crippen LogP contribution < -0.4 is 4.74 Å². The molecule has 3 atom stereocenters. The lowest BCUT2D eigenvalue weighted by Crippen LogP contribution is -2.49. The standard InChI is InChI=1S/C16H19NO3S/c1-11(18)19-15-9-12-7-8-13(10-15)17(12)16(21)20-14-5-3-2-4-6-14/h2-6,12-13,15H,7-10H2,1H3/t12-,13+,15?. The largest absolute Gasteiger partial charge is 0.462 e. The molecule has 2 saturated heterocycles. The first-order valence-corrected chi connectivity index (χ1v) is 7.76. The number of carbonyl (C=O) groups is 1. The molecule has 2 fully saturated rings. The molecule has 0 N–H and O–H groups in total. The van der Waals surface area contributed by atoms with Crippen LogP contribution in [0.25, 0.3) is 0 Å². The van der Waals surface area contributed by atoms with Crippen LogP contribution in [0.1, 0.15) is 32.6 Å². The Hall–Kier alpha value is -1.62. The minimum atomic E-state index is -0.198. The predicted molar refractivity (Wildman–Crippen MR) is 83.1 cm³/mol. The van der Waals surface area contributed by atoms with Gasteiger partial charge >= 0.3 is 5.97 Å². The first-order chi connectivity index (χ1) is 10.1. The van der Waals surface area contributed by atoms with Gasteiger partial charge in [-0.25, -0.2) is 0 Å². The lowest BCUT2D eigenvalue weighted by molar-refractivity contribution is -0.149. The zero-order valence-electron chi connectivity index (χ0n) is 12.0. The summed E-state index contributed by atoms with van der Waals surface area (Å²) in [7, 11) is 0. The first-order valence-electron chi connectivity index (χ1n) is 7.36. The lowest BCUT2D eigenvalue weighted by Gasteiger charge is -2.39. The van der Waals surface area contributed by atoms with E-state index in [1.807, 2.05) is 30.3 Å². The number of para-hydroxylation sites is 1. The Balaban J connectivity index is 1.65. The average molecular weight is 305 g/mol. The van der Waals surface area contributed by atoms with Gasteiger partial charge in [0.15, 0.2) is 0 Å². The number of carbonyl (C=O) groups excluding carboxylic acids is 1. The van der Waals surface area contributed by atoms with Gasteiger partial charge in [0.05, 0.1) is 0 Å². The Labute approximate surface area is 130 Å². The molecule has 1 aromatic rings. The third-order valence-electron chi connectivity index (χ3n) is 4.18. The number of fused-ring (bicyclic) bond motifs is 2. The summed E-state index contributed by atoms with van der Waals surface area (Å²) in [6.07, 6.45) is 3.88. The molecule has 1 aromatic carbocycles. The second kappa shape index (κ2) is 6.02. The summed E-state index contributed by atoms with van der Waals surface area (Å²) in [6, 6.07) is 10.3. The number of hydrogen-bond donors (Lipinski definition) is 0. The molecule has 2 aliphatic heterocycles. The van der Waals surface area contributed by atoms with E-state index in [9.17, 15) is 4.79 Å². The number of ether oxygens (including phenoxy) is 2. The summed E-state index contributed by atoms with van der Waals surface area (Å²) in [5, 5.41) is 0.537. The maximum absolute atomic E-state index is 11.1. The molecule has 0 radical (unpaired) electrons. The number of thiocarbonyl (C=S) groups is 1. The minimum absolute atomic E-state index is 0.0239. The molecular formula is C16H19NO3S.